The molecule has 0 radical (unpaired) electrons. The number of hydrogen-bond acceptors (Lipinski definition) is 7. The van der Waals surface area contributed by atoms with E-state index in [1.165, 1.54) is 36.7 Å². The molecule has 0 saturated carbocycles. The van der Waals surface area contributed by atoms with Crippen LogP contribution in [0.4, 0.5) is 5.69 Å². The number of aryl methyl sites for hydroxylation is 1. The molecule has 0 amide bonds. The van der Waals surface area contributed by atoms with E-state index in [-0.39, 0.29) is 22.6 Å². The number of sulfonamides is 1. The fourth-order valence-electron chi connectivity index (χ4n) is 3.26. The van der Waals surface area contributed by atoms with Crippen molar-refractivity contribution in [3.05, 3.63) is 53.1 Å². The molecule has 9 heteroatoms. The van der Waals surface area contributed by atoms with E-state index in [0.29, 0.717) is 24.3 Å². The van der Waals surface area contributed by atoms with Crippen LogP contribution in [0.1, 0.15) is 32.7 Å². The molecule has 0 spiro atoms. The first-order valence-electron chi connectivity index (χ1n) is 8.83. The van der Waals surface area contributed by atoms with Crippen molar-refractivity contribution in [1.82, 2.24) is 0 Å². The lowest BCUT2D eigenvalue weighted by Gasteiger charge is -2.31. The van der Waals surface area contributed by atoms with Crippen LogP contribution in [-0.2, 0) is 25.9 Å². The number of ether oxygens (including phenoxy) is 3. The van der Waals surface area contributed by atoms with Crippen LogP contribution in [0.5, 0.6) is 5.75 Å². The Kier molecular flexibility index (Phi) is 5.78. The van der Waals surface area contributed by atoms with Gasteiger partial charge in [0, 0.05) is 6.54 Å². The molecule has 2 aromatic rings. The molecule has 1 aliphatic rings. The Bertz CT molecular complexity index is 1030. The van der Waals surface area contributed by atoms with Crippen molar-refractivity contribution in [1.29, 1.82) is 0 Å². The van der Waals surface area contributed by atoms with Crippen LogP contribution in [0.3, 0.4) is 0 Å². The SMILES string of the molecule is COC(=O)c1cc(C(=O)OC)cc(S(=O)(=O)N2CCCc3cc(OC)ccc32)c1. The van der Waals surface area contributed by atoms with Crippen LogP contribution in [0.25, 0.3) is 0 Å². The Hall–Kier alpha value is -3.07. The molecule has 0 saturated heterocycles. The Labute approximate surface area is 169 Å². The Morgan fingerprint density at radius 2 is 1.55 bits per heavy atom. The van der Waals surface area contributed by atoms with E-state index >= 15 is 0 Å². The van der Waals surface area contributed by atoms with Crippen molar-refractivity contribution < 1.29 is 32.2 Å². The average molecular weight is 419 g/mol. The minimum Gasteiger partial charge on any atom is -0.497 e. The van der Waals surface area contributed by atoms with Gasteiger partial charge >= 0.3 is 11.9 Å². The minimum absolute atomic E-state index is 0.0547. The third-order valence-corrected chi connectivity index (χ3v) is 6.49. The second-order valence-electron chi connectivity index (χ2n) is 6.40. The summed E-state index contributed by atoms with van der Waals surface area (Å²) in [7, 11) is -0.147. The van der Waals surface area contributed by atoms with Crippen molar-refractivity contribution in [3.8, 4) is 5.75 Å². The highest BCUT2D eigenvalue weighted by molar-refractivity contribution is 7.92. The van der Waals surface area contributed by atoms with E-state index in [1.54, 1.807) is 19.2 Å². The fourth-order valence-corrected chi connectivity index (χ4v) is 4.88. The zero-order chi connectivity index (χ0) is 21.2. The van der Waals surface area contributed by atoms with Crippen molar-refractivity contribution in [2.24, 2.45) is 0 Å². The molecule has 0 bridgehead atoms. The predicted molar refractivity (Wildman–Crippen MR) is 105 cm³/mol. The van der Waals surface area contributed by atoms with Gasteiger partial charge < -0.3 is 14.2 Å². The summed E-state index contributed by atoms with van der Waals surface area (Å²) in [4.78, 5) is 23.8. The van der Waals surface area contributed by atoms with Crippen molar-refractivity contribution >= 4 is 27.6 Å². The van der Waals surface area contributed by atoms with Crippen LogP contribution < -0.4 is 9.04 Å². The summed E-state index contributed by atoms with van der Waals surface area (Å²) in [6.07, 6.45) is 1.34. The van der Waals surface area contributed by atoms with Crippen LogP contribution in [0.15, 0.2) is 41.3 Å². The number of nitrogens with zero attached hydrogens (tertiary/aromatic N) is 1. The van der Waals surface area contributed by atoms with Gasteiger partial charge in [0.25, 0.3) is 10.0 Å². The number of anilines is 1. The third-order valence-electron chi connectivity index (χ3n) is 4.70. The number of benzene rings is 2. The van der Waals surface area contributed by atoms with Gasteiger partial charge in [-0.25, -0.2) is 18.0 Å². The fraction of sp³-hybridized carbons (Fsp3) is 0.300. The van der Waals surface area contributed by atoms with Crippen LogP contribution in [-0.4, -0.2) is 48.2 Å². The largest absolute Gasteiger partial charge is 0.497 e. The normalized spacial score (nSPS) is 13.4. The second-order valence-corrected chi connectivity index (χ2v) is 8.27. The van der Waals surface area contributed by atoms with E-state index in [0.717, 1.165) is 5.56 Å². The number of carbonyl (C=O) groups excluding carboxylic acids is 2. The lowest BCUT2D eigenvalue weighted by atomic mass is 10.0. The smallest absolute Gasteiger partial charge is 0.337 e. The third kappa shape index (κ3) is 3.91. The maximum Gasteiger partial charge on any atom is 0.337 e. The highest BCUT2D eigenvalue weighted by atomic mass is 32.2. The average Bonchev–Trinajstić information content (AvgIpc) is 2.76. The number of carbonyl (C=O) groups is 2. The molecule has 0 aliphatic carbocycles. The van der Waals surface area contributed by atoms with Gasteiger partial charge in [-0.15, -0.1) is 0 Å². The topological polar surface area (TPSA) is 99.2 Å². The van der Waals surface area contributed by atoms with Crippen molar-refractivity contribution in [2.45, 2.75) is 17.7 Å². The highest BCUT2D eigenvalue weighted by Gasteiger charge is 2.31. The molecule has 1 aliphatic heterocycles. The van der Waals surface area contributed by atoms with Gasteiger partial charge in [-0.05, 0) is 54.8 Å². The molecule has 154 valence electrons. The molecule has 0 fully saturated rings. The molecule has 0 N–H and O–H groups in total. The standard InChI is InChI=1S/C20H21NO7S/c1-26-16-6-7-18-13(10-16)5-4-8-21(18)29(24,25)17-11-14(19(22)27-2)9-15(12-17)20(23)28-3/h6-7,9-12H,4-5,8H2,1-3H3. The van der Waals surface area contributed by atoms with Crippen molar-refractivity contribution in [3.63, 3.8) is 0 Å². The molecule has 3 rings (SSSR count). The van der Waals surface area contributed by atoms with Crippen molar-refractivity contribution in [2.75, 3.05) is 32.2 Å². The number of rotatable bonds is 5. The van der Waals surface area contributed by atoms with Gasteiger partial charge in [-0.1, -0.05) is 0 Å². The van der Waals surface area contributed by atoms with Gasteiger partial charge in [0.05, 0.1) is 43.0 Å². The lowest BCUT2D eigenvalue weighted by molar-refractivity contribution is 0.0598. The summed E-state index contributed by atoms with van der Waals surface area (Å²) < 4.78 is 42.7. The number of hydrogen-bond donors (Lipinski definition) is 0. The zero-order valence-electron chi connectivity index (χ0n) is 16.3. The van der Waals surface area contributed by atoms with Gasteiger partial charge in [-0.3, -0.25) is 4.31 Å². The molecule has 0 aromatic heterocycles. The molecular formula is C20H21NO7S. The zero-order valence-corrected chi connectivity index (χ0v) is 17.1. The lowest BCUT2D eigenvalue weighted by Crippen LogP contribution is -2.35. The van der Waals surface area contributed by atoms with Crippen LogP contribution >= 0.6 is 0 Å². The number of methoxy groups -OCH3 is 3. The van der Waals surface area contributed by atoms with Crippen LogP contribution in [0, 0.1) is 0 Å². The van der Waals surface area contributed by atoms with Gasteiger partial charge in [0.2, 0.25) is 0 Å². The van der Waals surface area contributed by atoms with E-state index < -0.39 is 22.0 Å². The van der Waals surface area contributed by atoms with Gasteiger partial charge in [-0.2, -0.15) is 0 Å². The molecule has 8 nitrogen and oxygen atoms in total. The van der Waals surface area contributed by atoms with Gasteiger partial charge in [0.1, 0.15) is 5.75 Å². The summed E-state index contributed by atoms with van der Waals surface area (Å²) in [5.74, 6) is -0.865. The van der Waals surface area contributed by atoms with Crippen LogP contribution in [0.2, 0.25) is 0 Å². The highest BCUT2D eigenvalue weighted by Crippen LogP contribution is 2.34. The summed E-state index contributed by atoms with van der Waals surface area (Å²) in [6.45, 7) is 0.275. The maximum atomic E-state index is 13.4. The quantitative estimate of drug-likeness (QED) is 0.686. The number of fused-ring (bicyclic) bond motifs is 1. The number of esters is 2. The summed E-state index contributed by atoms with van der Waals surface area (Å²) >= 11 is 0. The summed E-state index contributed by atoms with van der Waals surface area (Å²) in [5.41, 5.74) is 1.28. The first kappa shape index (κ1) is 20.7. The minimum atomic E-state index is -4.05. The maximum absolute atomic E-state index is 13.4. The molecule has 2 aromatic carbocycles. The van der Waals surface area contributed by atoms with Gasteiger partial charge in [0.15, 0.2) is 0 Å². The monoisotopic (exact) mass is 419 g/mol. The Morgan fingerprint density at radius 3 is 2.10 bits per heavy atom. The van der Waals surface area contributed by atoms with E-state index in [4.69, 9.17) is 4.74 Å². The predicted octanol–water partition coefficient (Wildman–Crippen LogP) is 2.41. The Balaban J connectivity index is 2.13. The first-order valence-corrected chi connectivity index (χ1v) is 10.3. The summed E-state index contributed by atoms with van der Waals surface area (Å²) in [6, 6.07) is 8.83. The second kappa shape index (κ2) is 8.12. The molecule has 1 heterocycles. The molecule has 0 atom stereocenters. The van der Waals surface area contributed by atoms with E-state index in [2.05, 4.69) is 9.47 Å². The molecular weight excluding hydrogens is 398 g/mol. The first-order chi connectivity index (χ1) is 13.8. The molecule has 29 heavy (non-hydrogen) atoms. The Morgan fingerprint density at radius 1 is 0.931 bits per heavy atom. The molecule has 0 unspecified atom stereocenters. The van der Waals surface area contributed by atoms with E-state index in [1.807, 2.05) is 6.07 Å². The summed E-state index contributed by atoms with van der Waals surface area (Å²) in [5, 5.41) is 0. The van der Waals surface area contributed by atoms with E-state index in [9.17, 15) is 18.0 Å².